The van der Waals surface area contributed by atoms with E-state index in [1.165, 1.54) is 39.9 Å². The first-order valence-electron chi connectivity index (χ1n) is 16.1. The van der Waals surface area contributed by atoms with Gasteiger partial charge < -0.3 is 4.90 Å². The van der Waals surface area contributed by atoms with Gasteiger partial charge in [-0.25, -0.2) is 0 Å². The van der Waals surface area contributed by atoms with Gasteiger partial charge in [0, 0.05) is 46.6 Å². The SMILES string of the molecule is CN1/C(=C/C=C2\CCCC(/C=C/C3=[N+](C)c4ccc5cc(S(=O)(=O)O)ccc5c4C3(C)C)=C2Cl)C(C)(C)c2c1ccc1ccccc21. The summed E-state index contributed by atoms with van der Waals surface area (Å²) >= 11 is 7.15. The fraction of sp³-hybridized carbons (Fsp3) is 0.275. The lowest BCUT2D eigenvalue weighted by atomic mass is 9.78. The Morgan fingerprint density at radius 3 is 2.34 bits per heavy atom. The van der Waals surface area contributed by atoms with Gasteiger partial charge in [0.25, 0.3) is 10.1 Å². The fourth-order valence-electron chi connectivity index (χ4n) is 8.15. The van der Waals surface area contributed by atoms with E-state index in [0.29, 0.717) is 0 Å². The molecule has 5 nitrogen and oxygen atoms in total. The van der Waals surface area contributed by atoms with E-state index >= 15 is 0 Å². The molecule has 7 rings (SSSR count). The lowest BCUT2D eigenvalue weighted by Gasteiger charge is -2.25. The van der Waals surface area contributed by atoms with Gasteiger partial charge >= 0.3 is 0 Å². The molecular weight excluding hydrogens is 624 g/mol. The van der Waals surface area contributed by atoms with Gasteiger partial charge in [-0.1, -0.05) is 74.0 Å². The van der Waals surface area contributed by atoms with Crippen molar-refractivity contribution in [3.63, 3.8) is 0 Å². The summed E-state index contributed by atoms with van der Waals surface area (Å²) < 4.78 is 35.3. The van der Waals surface area contributed by atoms with Crippen molar-refractivity contribution in [2.75, 3.05) is 19.0 Å². The number of allylic oxidation sites excluding steroid dienone is 8. The number of likely N-dealkylation sites (N-methyl/N-ethyl adjacent to an activating group) is 1. The molecule has 7 heteroatoms. The summed E-state index contributed by atoms with van der Waals surface area (Å²) in [5.41, 5.74) is 9.00. The molecule has 1 aliphatic carbocycles. The number of fused-ring (bicyclic) bond motifs is 6. The smallest absolute Gasteiger partial charge is 0.294 e. The Labute approximate surface area is 282 Å². The molecule has 1 N–H and O–H groups in total. The molecule has 0 bridgehead atoms. The summed E-state index contributed by atoms with van der Waals surface area (Å²) in [7, 11) is -0.0545. The normalized spacial score (nSPS) is 20.8. The summed E-state index contributed by atoms with van der Waals surface area (Å²) in [6.45, 7) is 9.01. The quantitative estimate of drug-likeness (QED) is 0.174. The van der Waals surface area contributed by atoms with Gasteiger partial charge in [0.05, 0.1) is 10.3 Å². The van der Waals surface area contributed by atoms with Gasteiger partial charge in [0.1, 0.15) is 7.05 Å². The van der Waals surface area contributed by atoms with Crippen LogP contribution in [0.15, 0.2) is 118 Å². The number of hydrogen-bond donors (Lipinski definition) is 1. The Hall–Kier alpha value is -3.97. The third-order valence-electron chi connectivity index (χ3n) is 10.5. The van der Waals surface area contributed by atoms with Crippen molar-refractivity contribution in [2.24, 2.45) is 0 Å². The van der Waals surface area contributed by atoms with Crippen LogP contribution in [0.2, 0.25) is 0 Å². The van der Waals surface area contributed by atoms with Crippen LogP contribution in [0.1, 0.15) is 58.1 Å². The minimum atomic E-state index is -4.28. The first kappa shape index (κ1) is 31.6. The monoisotopic (exact) mass is 663 g/mol. The van der Waals surface area contributed by atoms with E-state index in [4.69, 9.17) is 11.6 Å². The summed E-state index contributed by atoms with van der Waals surface area (Å²) in [6, 6.07) is 21.8. The number of halogens is 1. The highest BCUT2D eigenvalue weighted by Gasteiger charge is 2.44. The van der Waals surface area contributed by atoms with Gasteiger partial charge in [0.15, 0.2) is 5.71 Å². The fourth-order valence-corrected chi connectivity index (χ4v) is 8.98. The molecule has 47 heavy (non-hydrogen) atoms. The Kier molecular flexibility index (Phi) is 7.43. The molecule has 2 heterocycles. The summed E-state index contributed by atoms with van der Waals surface area (Å²) in [5, 5.41) is 5.14. The van der Waals surface area contributed by atoms with Crippen LogP contribution in [0.3, 0.4) is 0 Å². The highest BCUT2D eigenvalue weighted by molar-refractivity contribution is 7.85. The van der Waals surface area contributed by atoms with E-state index in [0.717, 1.165) is 63.2 Å². The molecule has 0 fully saturated rings. The Morgan fingerprint density at radius 1 is 0.851 bits per heavy atom. The molecule has 0 unspecified atom stereocenters. The zero-order valence-electron chi connectivity index (χ0n) is 27.7. The Bertz CT molecular complexity index is 2290. The molecular formula is C40H40ClN2O3S+. The van der Waals surface area contributed by atoms with E-state index in [1.807, 2.05) is 12.1 Å². The largest absolute Gasteiger partial charge is 0.347 e. The van der Waals surface area contributed by atoms with E-state index in [9.17, 15) is 13.0 Å². The van der Waals surface area contributed by atoms with Gasteiger partial charge in [-0.05, 0) is 102 Å². The topological polar surface area (TPSA) is 60.6 Å². The summed E-state index contributed by atoms with van der Waals surface area (Å²) in [6.07, 6.45) is 11.7. The average Bonchev–Trinajstić information content (AvgIpc) is 3.36. The second-order valence-corrected chi connectivity index (χ2v) is 15.8. The van der Waals surface area contributed by atoms with E-state index < -0.39 is 10.1 Å². The zero-order chi connectivity index (χ0) is 33.5. The molecule has 0 saturated heterocycles. The van der Waals surface area contributed by atoms with Crippen molar-refractivity contribution >= 4 is 60.4 Å². The van der Waals surface area contributed by atoms with Crippen molar-refractivity contribution < 1.29 is 17.5 Å². The lowest BCUT2D eigenvalue weighted by molar-refractivity contribution is -0.401. The number of rotatable bonds is 4. The maximum Gasteiger partial charge on any atom is 0.294 e. The Balaban J connectivity index is 1.21. The van der Waals surface area contributed by atoms with Crippen LogP contribution < -0.4 is 4.90 Å². The molecule has 4 aromatic carbocycles. The molecule has 2 aliphatic heterocycles. The molecule has 0 radical (unpaired) electrons. The van der Waals surface area contributed by atoms with Crippen molar-refractivity contribution in [2.45, 2.75) is 62.7 Å². The van der Waals surface area contributed by atoms with Crippen LogP contribution in [0, 0.1) is 0 Å². The standard InChI is InChI=1S/C40H39ClN2O3S/c1-39(2)34(42(5)32-20-14-25-10-7-8-13-30(25)36(32)39)22-16-26-11-9-12-27(38(26)41)17-23-35-40(3,4)37-31-19-18-29(47(44,45)46)24-28(31)15-21-33(37)43(35)6/h7-8,10,13-24H,9,11-12H2,1-6H3/p+1. The first-order chi connectivity index (χ1) is 22.2. The molecule has 4 aromatic rings. The van der Waals surface area contributed by atoms with Crippen molar-refractivity contribution in [3.05, 3.63) is 124 Å². The Morgan fingerprint density at radius 2 is 1.57 bits per heavy atom. The number of benzene rings is 4. The van der Waals surface area contributed by atoms with Gasteiger partial charge in [-0.3, -0.25) is 4.55 Å². The van der Waals surface area contributed by atoms with Crippen LogP contribution in [-0.4, -0.2) is 37.4 Å². The maximum atomic E-state index is 11.8. The minimum absolute atomic E-state index is 0.0993. The average molecular weight is 664 g/mol. The summed E-state index contributed by atoms with van der Waals surface area (Å²) in [5.74, 6) is 0. The van der Waals surface area contributed by atoms with Gasteiger partial charge in [0.2, 0.25) is 5.69 Å². The first-order valence-corrected chi connectivity index (χ1v) is 17.9. The third-order valence-corrected chi connectivity index (χ3v) is 11.8. The molecule has 0 atom stereocenters. The van der Waals surface area contributed by atoms with E-state index in [1.54, 1.807) is 6.07 Å². The predicted octanol–water partition coefficient (Wildman–Crippen LogP) is 9.72. The second kappa shape index (κ2) is 11.0. The maximum absolute atomic E-state index is 11.8. The molecule has 3 aliphatic rings. The van der Waals surface area contributed by atoms with Gasteiger partial charge in [-0.15, -0.1) is 0 Å². The predicted molar refractivity (Wildman–Crippen MR) is 195 cm³/mol. The molecule has 0 spiro atoms. The number of anilines is 1. The molecule has 0 aromatic heterocycles. The third kappa shape index (κ3) is 5.00. The zero-order valence-corrected chi connectivity index (χ0v) is 29.3. The van der Waals surface area contributed by atoms with Crippen molar-refractivity contribution in [3.8, 4) is 0 Å². The highest BCUT2D eigenvalue weighted by Crippen LogP contribution is 2.50. The highest BCUT2D eigenvalue weighted by atomic mass is 35.5. The molecule has 0 saturated carbocycles. The second-order valence-electron chi connectivity index (χ2n) is 14.0. The minimum Gasteiger partial charge on any atom is -0.347 e. The number of hydrogen-bond acceptors (Lipinski definition) is 3. The van der Waals surface area contributed by atoms with E-state index in [-0.39, 0.29) is 15.7 Å². The van der Waals surface area contributed by atoms with Crippen molar-refractivity contribution in [1.29, 1.82) is 0 Å². The summed E-state index contributed by atoms with van der Waals surface area (Å²) in [4.78, 5) is 2.22. The van der Waals surface area contributed by atoms with Crippen LogP contribution in [0.4, 0.5) is 11.4 Å². The van der Waals surface area contributed by atoms with Gasteiger partial charge in [-0.2, -0.15) is 13.0 Å². The van der Waals surface area contributed by atoms with Crippen LogP contribution >= 0.6 is 11.6 Å². The van der Waals surface area contributed by atoms with E-state index in [2.05, 4.69) is 112 Å². The molecule has 240 valence electrons. The van der Waals surface area contributed by atoms with Crippen LogP contribution in [0.5, 0.6) is 0 Å². The molecule has 0 amide bonds. The number of nitrogens with zero attached hydrogens (tertiary/aromatic N) is 2. The lowest BCUT2D eigenvalue weighted by Crippen LogP contribution is -2.27. The van der Waals surface area contributed by atoms with Crippen molar-refractivity contribution in [1.82, 2.24) is 0 Å². The van der Waals surface area contributed by atoms with Crippen LogP contribution in [0.25, 0.3) is 21.5 Å². The van der Waals surface area contributed by atoms with Crippen LogP contribution in [-0.2, 0) is 20.9 Å².